The van der Waals surface area contributed by atoms with Crippen molar-refractivity contribution < 1.29 is 4.92 Å². The first-order valence-electron chi connectivity index (χ1n) is 5.89. The van der Waals surface area contributed by atoms with E-state index in [-0.39, 0.29) is 10.6 Å². The van der Waals surface area contributed by atoms with Crippen LogP contribution in [0, 0.1) is 17.0 Å². The summed E-state index contributed by atoms with van der Waals surface area (Å²) in [6.45, 7) is 2.40. The average molecular weight is 400 g/mol. The van der Waals surface area contributed by atoms with E-state index in [4.69, 9.17) is 0 Å². The Morgan fingerprint density at radius 1 is 1.15 bits per heavy atom. The topological polar surface area (TPSA) is 55.2 Å². The molecule has 0 fully saturated rings. The highest BCUT2D eigenvalue weighted by Gasteiger charge is 2.13. The summed E-state index contributed by atoms with van der Waals surface area (Å²) in [5.41, 5.74) is 2.80. The summed E-state index contributed by atoms with van der Waals surface area (Å²) in [5.74, 6) is 0. The van der Waals surface area contributed by atoms with Gasteiger partial charge in [-0.3, -0.25) is 10.1 Å². The van der Waals surface area contributed by atoms with Gasteiger partial charge in [0.15, 0.2) is 0 Å². The van der Waals surface area contributed by atoms with Crippen LogP contribution < -0.4 is 5.32 Å². The Morgan fingerprint density at radius 2 is 1.90 bits per heavy atom. The number of hydrogen-bond donors (Lipinski definition) is 1. The molecule has 0 saturated heterocycles. The predicted molar refractivity (Wildman–Crippen MR) is 87.0 cm³/mol. The smallest absolute Gasteiger partial charge is 0.275 e. The fourth-order valence-corrected chi connectivity index (χ4v) is 2.85. The van der Waals surface area contributed by atoms with Crippen LogP contribution in [-0.4, -0.2) is 4.92 Å². The van der Waals surface area contributed by atoms with Crippen LogP contribution in [0.5, 0.6) is 0 Å². The first-order chi connectivity index (χ1) is 9.45. The van der Waals surface area contributed by atoms with Crippen molar-refractivity contribution in [3.63, 3.8) is 0 Å². The maximum atomic E-state index is 11.0. The molecule has 0 spiro atoms. The Hall–Kier alpha value is -1.40. The van der Waals surface area contributed by atoms with E-state index in [0.717, 1.165) is 15.7 Å². The van der Waals surface area contributed by atoms with E-state index in [1.54, 1.807) is 12.1 Å². The Kier molecular flexibility index (Phi) is 4.77. The van der Waals surface area contributed by atoms with E-state index in [0.29, 0.717) is 16.6 Å². The summed E-state index contributed by atoms with van der Waals surface area (Å²) >= 11 is 6.68. The van der Waals surface area contributed by atoms with Crippen molar-refractivity contribution in [2.45, 2.75) is 13.5 Å². The molecule has 6 heteroatoms. The molecule has 0 bridgehead atoms. The molecule has 0 heterocycles. The second kappa shape index (κ2) is 6.37. The Labute approximate surface area is 133 Å². The molecule has 0 aliphatic carbocycles. The van der Waals surface area contributed by atoms with Gasteiger partial charge in [0, 0.05) is 32.8 Å². The van der Waals surface area contributed by atoms with E-state index in [9.17, 15) is 10.1 Å². The number of nitro benzene ring substituents is 1. The number of rotatable bonds is 4. The molecule has 104 valence electrons. The maximum absolute atomic E-state index is 11.0. The fourth-order valence-electron chi connectivity index (χ4n) is 1.89. The zero-order valence-corrected chi connectivity index (χ0v) is 13.9. The molecule has 0 radical (unpaired) electrons. The second-order valence-corrected chi connectivity index (χ2v) is 6.23. The molecule has 0 aliphatic heterocycles. The van der Waals surface area contributed by atoms with E-state index < -0.39 is 0 Å². The molecule has 20 heavy (non-hydrogen) atoms. The second-order valence-electron chi connectivity index (χ2n) is 4.40. The minimum atomic E-state index is -0.367. The molecule has 0 aliphatic rings. The highest BCUT2D eigenvalue weighted by Crippen LogP contribution is 2.25. The minimum Gasteiger partial charge on any atom is -0.381 e. The van der Waals surface area contributed by atoms with Crippen molar-refractivity contribution in [3.05, 3.63) is 66.6 Å². The van der Waals surface area contributed by atoms with Gasteiger partial charge in [-0.05, 0) is 42.8 Å². The summed E-state index contributed by atoms with van der Waals surface area (Å²) in [6.07, 6.45) is 0. The first kappa shape index (κ1) is 15.0. The third-order valence-electron chi connectivity index (χ3n) is 2.77. The van der Waals surface area contributed by atoms with Gasteiger partial charge < -0.3 is 5.32 Å². The lowest BCUT2D eigenvalue weighted by molar-refractivity contribution is -0.385. The molecule has 2 rings (SSSR count). The summed E-state index contributed by atoms with van der Waals surface area (Å²) in [5, 5.41) is 14.3. The third-order valence-corrected chi connectivity index (χ3v) is 3.72. The molecular formula is C14H12Br2N2O2. The van der Waals surface area contributed by atoms with E-state index in [1.807, 2.05) is 25.1 Å². The number of halogens is 2. The minimum absolute atomic E-state index is 0.110. The zero-order valence-electron chi connectivity index (χ0n) is 10.7. The van der Waals surface area contributed by atoms with Gasteiger partial charge in [-0.1, -0.05) is 31.9 Å². The third kappa shape index (κ3) is 3.80. The van der Waals surface area contributed by atoms with Crippen LogP contribution in [0.15, 0.2) is 45.3 Å². The molecule has 0 aromatic heterocycles. The standard InChI is InChI=1S/C14H12Br2N2O2/c1-9-4-12(16)6-13(5-9)17-8-10-2-3-11(15)7-14(10)18(19)20/h2-7,17H,8H2,1H3. The van der Waals surface area contributed by atoms with Crippen molar-refractivity contribution in [1.29, 1.82) is 0 Å². The van der Waals surface area contributed by atoms with Crippen molar-refractivity contribution in [3.8, 4) is 0 Å². The Bertz CT molecular complexity index is 639. The van der Waals surface area contributed by atoms with Gasteiger partial charge in [-0.2, -0.15) is 0 Å². The number of anilines is 1. The van der Waals surface area contributed by atoms with Crippen molar-refractivity contribution >= 4 is 43.2 Å². The molecule has 0 atom stereocenters. The van der Waals surface area contributed by atoms with Gasteiger partial charge in [0.2, 0.25) is 0 Å². The number of benzene rings is 2. The highest BCUT2D eigenvalue weighted by atomic mass is 79.9. The van der Waals surface area contributed by atoms with Gasteiger partial charge in [0.25, 0.3) is 5.69 Å². The van der Waals surface area contributed by atoms with E-state index in [2.05, 4.69) is 37.2 Å². The largest absolute Gasteiger partial charge is 0.381 e. The van der Waals surface area contributed by atoms with Gasteiger partial charge in [0.1, 0.15) is 0 Å². The van der Waals surface area contributed by atoms with Crippen LogP contribution in [0.4, 0.5) is 11.4 Å². The molecule has 2 aromatic rings. The molecule has 1 N–H and O–H groups in total. The molecule has 0 amide bonds. The molecule has 4 nitrogen and oxygen atoms in total. The quantitative estimate of drug-likeness (QED) is 0.578. The average Bonchev–Trinajstić information content (AvgIpc) is 2.36. The SMILES string of the molecule is Cc1cc(Br)cc(NCc2ccc(Br)cc2[N+](=O)[O-])c1. The van der Waals surface area contributed by atoms with Gasteiger partial charge in [-0.25, -0.2) is 0 Å². The van der Waals surface area contributed by atoms with Crippen LogP contribution in [0.1, 0.15) is 11.1 Å². The number of aryl methyl sites for hydroxylation is 1. The lowest BCUT2D eigenvalue weighted by atomic mass is 10.1. The van der Waals surface area contributed by atoms with Crippen LogP contribution in [0.2, 0.25) is 0 Å². The van der Waals surface area contributed by atoms with Crippen LogP contribution in [-0.2, 0) is 6.54 Å². The van der Waals surface area contributed by atoms with E-state index >= 15 is 0 Å². The summed E-state index contributed by atoms with van der Waals surface area (Å²) in [4.78, 5) is 10.7. The zero-order chi connectivity index (χ0) is 14.7. The van der Waals surface area contributed by atoms with Gasteiger partial charge in [0.05, 0.1) is 4.92 Å². The van der Waals surface area contributed by atoms with Crippen LogP contribution >= 0.6 is 31.9 Å². The lowest BCUT2D eigenvalue weighted by Gasteiger charge is -2.09. The lowest BCUT2D eigenvalue weighted by Crippen LogP contribution is -2.03. The summed E-state index contributed by atoms with van der Waals surface area (Å²) in [6, 6.07) is 11.0. The normalized spacial score (nSPS) is 10.3. The molecule has 2 aromatic carbocycles. The van der Waals surface area contributed by atoms with Gasteiger partial charge >= 0.3 is 0 Å². The number of hydrogen-bond acceptors (Lipinski definition) is 3. The molecule has 0 saturated carbocycles. The Balaban J connectivity index is 2.20. The fraction of sp³-hybridized carbons (Fsp3) is 0.143. The highest BCUT2D eigenvalue weighted by molar-refractivity contribution is 9.10. The Morgan fingerprint density at radius 3 is 2.55 bits per heavy atom. The van der Waals surface area contributed by atoms with Crippen molar-refractivity contribution in [1.82, 2.24) is 0 Å². The summed E-state index contributed by atoms with van der Waals surface area (Å²) in [7, 11) is 0. The first-order valence-corrected chi connectivity index (χ1v) is 7.48. The van der Waals surface area contributed by atoms with Gasteiger partial charge in [-0.15, -0.1) is 0 Å². The summed E-state index contributed by atoms with van der Waals surface area (Å²) < 4.78 is 1.68. The maximum Gasteiger partial charge on any atom is 0.275 e. The van der Waals surface area contributed by atoms with Crippen molar-refractivity contribution in [2.75, 3.05) is 5.32 Å². The predicted octanol–water partition coefficient (Wildman–Crippen LogP) is 5.04. The van der Waals surface area contributed by atoms with Crippen molar-refractivity contribution in [2.24, 2.45) is 0 Å². The van der Waals surface area contributed by atoms with Crippen LogP contribution in [0.25, 0.3) is 0 Å². The number of nitrogens with one attached hydrogen (secondary N) is 1. The van der Waals surface area contributed by atoms with Crippen LogP contribution in [0.3, 0.4) is 0 Å². The number of nitro groups is 1. The van der Waals surface area contributed by atoms with E-state index in [1.165, 1.54) is 6.07 Å². The monoisotopic (exact) mass is 398 g/mol. The number of nitrogens with zero attached hydrogens (tertiary/aromatic N) is 1. The molecule has 0 unspecified atom stereocenters. The molecular weight excluding hydrogens is 388 g/mol.